The van der Waals surface area contributed by atoms with Crippen LogP contribution in [0.25, 0.3) is 0 Å². The van der Waals surface area contributed by atoms with Gasteiger partial charge in [0.1, 0.15) is 0 Å². The van der Waals surface area contributed by atoms with Crippen molar-refractivity contribution in [3.63, 3.8) is 0 Å². The van der Waals surface area contributed by atoms with E-state index < -0.39 is 18.0 Å². The van der Waals surface area contributed by atoms with Gasteiger partial charge >= 0.3 is 11.9 Å². The fraction of sp³-hybridized carbons (Fsp3) is 0.286. The molecule has 0 bridgehead atoms. The predicted molar refractivity (Wildman–Crippen MR) is 38.3 cm³/mol. The standard InChI is InChI=1S/C7H7F2NO3/c8-7(9,6(12)13)5(11)4-1-2-10-3-4/h1-3,5,10-11H,(H,12,13). The van der Waals surface area contributed by atoms with Gasteiger partial charge in [-0.2, -0.15) is 8.78 Å². The number of halogens is 2. The van der Waals surface area contributed by atoms with E-state index in [2.05, 4.69) is 4.98 Å². The molecule has 72 valence electrons. The van der Waals surface area contributed by atoms with Crippen molar-refractivity contribution < 1.29 is 23.8 Å². The molecule has 6 heteroatoms. The van der Waals surface area contributed by atoms with Crippen LogP contribution in [-0.4, -0.2) is 27.1 Å². The maximum atomic E-state index is 12.6. The Bertz CT molecular complexity index is 297. The molecule has 1 rings (SSSR count). The molecule has 0 radical (unpaired) electrons. The largest absolute Gasteiger partial charge is 0.477 e. The van der Waals surface area contributed by atoms with Gasteiger partial charge in [-0.3, -0.25) is 0 Å². The Kier molecular flexibility index (Phi) is 2.33. The van der Waals surface area contributed by atoms with E-state index in [0.717, 1.165) is 6.20 Å². The number of carboxylic acid groups (broad SMARTS) is 1. The van der Waals surface area contributed by atoms with Crippen molar-refractivity contribution in [1.82, 2.24) is 4.98 Å². The number of hydrogen-bond acceptors (Lipinski definition) is 2. The zero-order valence-electron chi connectivity index (χ0n) is 6.37. The molecule has 3 N–H and O–H groups in total. The topological polar surface area (TPSA) is 73.3 Å². The summed E-state index contributed by atoms with van der Waals surface area (Å²) in [5.74, 6) is -6.51. The second-order valence-electron chi connectivity index (χ2n) is 2.47. The van der Waals surface area contributed by atoms with Crippen LogP contribution in [0.4, 0.5) is 8.78 Å². The van der Waals surface area contributed by atoms with Gasteiger partial charge < -0.3 is 15.2 Å². The first-order valence-electron chi connectivity index (χ1n) is 3.38. The summed E-state index contributed by atoms with van der Waals surface area (Å²) in [5.41, 5.74) is -0.160. The van der Waals surface area contributed by atoms with Gasteiger partial charge in [-0.05, 0) is 6.07 Å². The monoisotopic (exact) mass is 191 g/mol. The summed E-state index contributed by atoms with van der Waals surface area (Å²) >= 11 is 0. The van der Waals surface area contributed by atoms with E-state index in [1.165, 1.54) is 12.3 Å². The number of aliphatic hydroxyl groups is 1. The van der Waals surface area contributed by atoms with Gasteiger partial charge in [0.2, 0.25) is 0 Å². The fourth-order valence-corrected chi connectivity index (χ4v) is 0.833. The van der Waals surface area contributed by atoms with Gasteiger partial charge in [0.05, 0.1) is 0 Å². The summed E-state index contributed by atoms with van der Waals surface area (Å²) in [6, 6.07) is 1.18. The Morgan fingerprint density at radius 2 is 2.23 bits per heavy atom. The molecule has 0 aliphatic heterocycles. The minimum atomic E-state index is -4.16. The lowest BCUT2D eigenvalue weighted by atomic mass is 10.1. The zero-order valence-corrected chi connectivity index (χ0v) is 6.37. The van der Waals surface area contributed by atoms with Crippen LogP contribution in [0.1, 0.15) is 11.7 Å². The van der Waals surface area contributed by atoms with E-state index in [-0.39, 0.29) is 5.56 Å². The molecule has 13 heavy (non-hydrogen) atoms. The Balaban J connectivity index is 2.90. The first-order chi connectivity index (χ1) is 5.96. The van der Waals surface area contributed by atoms with E-state index in [0.29, 0.717) is 0 Å². The first kappa shape index (κ1) is 9.66. The molecule has 0 fully saturated rings. The number of aliphatic hydroxyl groups excluding tert-OH is 1. The number of aromatic amines is 1. The van der Waals surface area contributed by atoms with Gasteiger partial charge in [-0.25, -0.2) is 4.79 Å². The van der Waals surface area contributed by atoms with Crippen molar-refractivity contribution in [3.05, 3.63) is 24.0 Å². The van der Waals surface area contributed by atoms with Crippen LogP contribution in [0.5, 0.6) is 0 Å². The maximum absolute atomic E-state index is 12.6. The summed E-state index contributed by atoms with van der Waals surface area (Å²) in [5, 5.41) is 17.0. The van der Waals surface area contributed by atoms with Crippen molar-refractivity contribution in [2.24, 2.45) is 0 Å². The minimum absolute atomic E-state index is 0.160. The molecule has 0 saturated carbocycles. The Morgan fingerprint density at radius 1 is 1.62 bits per heavy atom. The third kappa shape index (κ3) is 1.67. The molecule has 1 aromatic rings. The van der Waals surface area contributed by atoms with Gasteiger partial charge in [0.15, 0.2) is 6.10 Å². The molecule has 0 aromatic carbocycles. The number of hydrogen-bond donors (Lipinski definition) is 3. The van der Waals surface area contributed by atoms with Crippen molar-refractivity contribution in [2.75, 3.05) is 0 Å². The smallest absolute Gasteiger partial charge is 0.377 e. The van der Waals surface area contributed by atoms with Gasteiger partial charge in [0, 0.05) is 18.0 Å². The van der Waals surface area contributed by atoms with Crippen molar-refractivity contribution in [1.29, 1.82) is 0 Å². The third-order valence-electron chi connectivity index (χ3n) is 1.57. The van der Waals surface area contributed by atoms with Crippen molar-refractivity contribution in [3.8, 4) is 0 Å². The summed E-state index contributed by atoms with van der Waals surface area (Å²) in [4.78, 5) is 12.5. The Hall–Kier alpha value is -1.43. The number of H-pyrrole nitrogens is 1. The summed E-state index contributed by atoms with van der Waals surface area (Å²) in [6.45, 7) is 0. The quantitative estimate of drug-likeness (QED) is 0.660. The molecule has 1 heterocycles. The molecule has 1 unspecified atom stereocenters. The zero-order chi connectivity index (χ0) is 10.1. The number of carboxylic acids is 1. The van der Waals surface area contributed by atoms with E-state index in [1.54, 1.807) is 0 Å². The van der Waals surface area contributed by atoms with Gasteiger partial charge in [-0.15, -0.1) is 0 Å². The Morgan fingerprint density at radius 3 is 2.62 bits per heavy atom. The highest BCUT2D eigenvalue weighted by Gasteiger charge is 2.47. The second kappa shape index (κ2) is 3.14. The predicted octanol–water partition coefficient (Wildman–Crippen LogP) is 0.768. The molecule has 0 aliphatic rings. The molecule has 0 spiro atoms. The van der Waals surface area contributed by atoms with E-state index in [4.69, 9.17) is 10.2 Å². The average Bonchev–Trinajstić information content (AvgIpc) is 2.54. The van der Waals surface area contributed by atoms with Crippen LogP contribution in [0.3, 0.4) is 0 Å². The molecule has 1 atom stereocenters. The summed E-state index contributed by atoms with van der Waals surface area (Å²) in [6.07, 6.45) is 0.106. The van der Waals surface area contributed by atoms with E-state index in [9.17, 15) is 13.6 Å². The molecule has 0 aliphatic carbocycles. The van der Waals surface area contributed by atoms with Crippen LogP contribution in [0, 0.1) is 0 Å². The lowest BCUT2D eigenvalue weighted by Gasteiger charge is -2.16. The molecule has 4 nitrogen and oxygen atoms in total. The molecule has 1 aromatic heterocycles. The van der Waals surface area contributed by atoms with E-state index in [1.807, 2.05) is 0 Å². The molecule has 0 saturated heterocycles. The van der Waals surface area contributed by atoms with Crippen molar-refractivity contribution >= 4 is 5.97 Å². The average molecular weight is 191 g/mol. The first-order valence-corrected chi connectivity index (χ1v) is 3.38. The highest BCUT2D eigenvalue weighted by Crippen LogP contribution is 2.30. The lowest BCUT2D eigenvalue weighted by molar-refractivity contribution is -0.182. The van der Waals surface area contributed by atoms with Crippen LogP contribution in [0.2, 0.25) is 0 Å². The Labute approximate surface area is 71.8 Å². The highest BCUT2D eigenvalue weighted by atomic mass is 19.3. The number of carbonyl (C=O) groups is 1. The number of aromatic nitrogens is 1. The highest BCUT2D eigenvalue weighted by molar-refractivity contribution is 5.76. The van der Waals surface area contributed by atoms with E-state index >= 15 is 0 Å². The molecular formula is C7H7F2NO3. The third-order valence-corrected chi connectivity index (χ3v) is 1.57. The fourth-order valence-electron chi connectivity index (χ4n) is 0.833. The minimum Gasteiger partial charge on any atom is -0.477 e. The number of aliphatic carboxylic acids is 1. The van der Waals surface area contributed by atoms with Crippen LogP contribution in [-0.2, 0) is 4.79 Å². The molecule has 0 amide bonds. The maximum Gasteiger partial charge on any atom is 0.377 e. The van der Waals surface area contributed by atoms with Crippen LogP contribution in [0.15, 0.2) is 18.5 Å². The number of nitrogens with one attached hydrogen (secondary N) is 1. The van der Waals surface area contributed by atoms with Gasteiger partial charge in [0.25, 0.3) is 0 Å². The SMILES string of the molecule is O=C(O)C(F)(F)C(O)c1cc[nH]c1. The normalized spacial score (nSPS) is 14.1. The second-order valence-corrected chi connectivity index (χ2v) is 2.47. The summed E-state index contributed by atoms with van der Waals surface area (Å²) < 4.78 is 25.3. The van der Waals surface area contributed by atoms with Gasteiger partial charge in [-0.1, -0.05) is 0 Å². The van der Waals surface area contributed by atoms with Crippen LogP contribution < -0.4 is 0 Å². The number of alkyl halides is 2. The lowest BCUT2D eigenvalue weighted by Crippen LogP contribution is -2.35. The molecular weight excluding hydrogens is 184 g/mol. The number of rotatable bonds is 3. The summed E-state index contributed by atoms with van der Waals surface area (Å²) in [7, 11) is 0. The van der Waals surface area contributed by atoms with Crippen LogP contribution >= 0.6 is 0 Å². The van der Waals surface area contributed by atoms with Crippen molar-refractivity contribution in [2.45, 2.75) is 12.0 Å².